The summed E-state index contributed by atoms with van der Waals surface area (Å²) in [6.07, 6.45) is 3.42. The normalized spacial score (nSPS) is 11.8. The van der Waals surface area contributed by atoms with Gasteiger partial charge < -0.3 is 14.6 Å². The van der Waals surface area contributed by atoms with Gasteiger partial charge in [0, 0.05) is 30.4 Å². The molecule has 0 spiro atoms. The molecule has 1 amide bonds. The van der Waals surface area contributed by atoms with Crippen molar-refractivity contribution in [2.75, 3.05) is 0 Å². The van der Waals surface area contributed by atoms with Crippen LogP contribution in [0, 0.1) is 12.7 Å². The summed E-state index contributed by atoms with van der Waals surface area (Å²) in [6.45, 7) is 2.32. The second-order valence-corrected chi connectivity index (χ2v) is 8.09. The van der Waals surface area contributed by atoms with E-state index < -0.39 is 6.04 Å². The smallest absolute Gasteiger partial charge is 0.252 e. The monoisotopic (exact) mass is 436 g/mol. The summed E-state index contributed by atoms with van der Waals surface area (Å²) in [5.74, 6) is 0.590. The second kappa shape index (κ2) is 9.09. The van der Waals surface area contributed by atoms with E-state index in [1.165, 1.54) is 12.1 Å². The van der Waals surface area contributed by atoms with Crippen molar-refractivity contribution in [3.8, 4) is 5.75 Å². The highest BCUT2D eigenvalue weighted by molar-refractivity contribution is 7.09. The van der Waals surface area contributed by atoms with Crippen molar-refractivity contribution in [2.24, 2.45) is 7.05 Å². The number of amides is 1. The highest BCUT2D eigenvalue weighted by atomic mass is 32.1. The maximum absolute atomic E-state index is 13.8. The number of aryl methyl sites for hydroxylation is 2. The first-order chi connectivity index (χ1) is 15.0. The average Bonchev–Trinajstić information content (AvgIpc) is 3.38. The van der Waals surface area contributed by atoms with Gasteiger partial charge in [-0.3, -0.25) is 4.79 Å². The number of hydrogen-bond donors (Lipinski definition) is 1. The Morgan fingerprint density at radius 2 is 2.06 bits per heavy atom. The molecule has 4 rings (SSSR count). The maximum atomic E-state index is 13.8. The Morgan fingerprint density at radius 3 is 2.71 bits per heavy atom. The number of ether oxygens (including phenoxy) is 1. The van der Waals surface area contributed by atoms with Gasteiger partial charge in [-0.2, -0.15) is 0 Å². The molecule has 0 saturated carbocycles. The van der Waals surface area contributed by atoms with Crippen LogP contribution in [0.1, 0.15) is 38.5 Å². The first-order valence-electron chi connectivity index (χ1n) is 9.67. The first kappa shape index (κ1) is 20.7. The van der Waals surface area contributed by atoms with Crippen LogP contribution in [0.2, 0.25) is 0 Å². The van der Waals surface area contributed by atoms with Crippen molar-refractivity contribution < 1.29 is 13.9 Å². The van der Waals surface area contributed by atoms with Crippen LogP contribution >= 0.6 is 11.3 Å². The van der Waals surface area contributed by atoms with Crippen molar-refractivity contribution in [1.29, 1.82) is 0 Å². The number of imidazole rings is 1. The van der Waals surface area contributed by atoms with Gasteiger partial charge in [0.2, 0.25) is 0 Å². The van der Waals surface area contributed by atoms with E-state index in [0.717, 1.165) is 10.7 Å². The number of carbonyl (C=O) groups excluding carboxylic acids is 1. The second-order valence-electron chi connectivity index (χ2n) is 7.03. The van der Waals surface area contributed by atoms with E-state index in [9.17, 15) is 9.18 Å². The average molecular weight is 437 g/mol. The van der Waals surface area contributed by atoms with Gasteiger partial charge in [0.1, 0.15) is 30.0 Å². The summed E-state index contributed by atoms with van der Waals surface area (Å²) < 4.78 is 21.3. The third-order valence-corrected chi connectivity index (χ3v) is 5.57. The van der Waals surface area contributed by atoms with Crippen LogP contribution in [-0.2, 0) is 13.7 Å². The molecule has 0 aliphatic heterocycles. The Hall–Kier alpha value is -3.52. The lowest BCUT2D eigenvalue weighted by molar-refractivity contribution is 0.0941. The molecule has 0 aliphatic carbocycles. The fourth-order valence-corrected chi connectivity index (χ4v) is 3.78. The van der Waals surface area contributed by atoms with Crippen LogP contribution in [0.3, 0.4) is 0 Å². The Labute approximate surface area is 183 Å². The van der Waals surface area contributed by atoms with Crippen molar-refractivity contribution >= 4 is 17.2 Å². The van der Waals surface area contributed by atoms with E-state index in [-0.39, 0.29) is 11.7 Å². The Kier molecular flexibility index (Phi) is 6.08. The highest BCUT2D eigenvalue weighted by Gasteiger charge is 2.22. The lowest BCUT2D eigenvalue weighted by atomic mass is 10.0. The van der Waals surface area contributed by atoms with Crippen molar-refractivity contribution in [2.45, 2.75) is 19.6 Å². The predicted octanol–water partition coefficient (Wildman–Crippen LogP) is 4.42. The van der Waals surface area contributed by atoms with Gasteiger partial charge >= 0.3 is 0 Å². The van der Waals surface area contributed by atoms with Crippen LogP contribution in [-0.4, -0.2) is 20.4 Å². The molecular formula is C23H21FN4O2S. The molecule has 8 heteroatoms. The number of halogens is 1. The molecule has 2 heterocycles. The van der Waals surface area contributed by atoms with Gasteiger partial charge in [-0.15, -0.1) is 11.3 Å². The van der Waals surface area contributed by atoms with Gasteiger partial charge in [-0.25, -0.2) is 14.4 Å². The summed E-state index contributed by atoms with van der Waals surface area (Å²) in [5, 5.41) is 5.91. The zero-order valence-electron chi connectivity index (χ0n) is 17.1. The highest BCUT2D eigenvalue weighted by Crippen LogP contribution is 2.22. The molecule has 1 atom stereocenters. The van der Waals surface area contributed by atoms with E-state index in [4.69, 9.17) is 4.74 Å². The molecule has 1 N–H and O–H groups in total. The van der Waals surface area contributed by atoms with Crippen molar-refractivity contribution in [3.63, 3.8) is 0 Å². The number of thiazole rings is 1. The van der Waals surface area contributed by atoms with Crippen LogP contribution < -0.4 is 10.1 Å². The predicted molar refractivity (Wildman–Crippen MR) is 117 cm³/mol. The van der Waals surface area contributed by atoms with Gasteiger partial charge in [0.25, 0.3) is 5.91 Å². The number of hydrogen-bond acceptors (Lipinski definition) is 5. The van der Waals surface area contributed by atoms with Gasteiger partial charge in [-0.1, -0.05) is 12.1 Å². The number of aromatic nitrogens is 3. The van der Waals surface area contributed by atoms with E-state index >= 15 is 0 Å². The molecule has 0 radical (unpaired) electrons. The molecule has 0 bridgehead atoms. The summed E-state index contributed by atoms with van der Waals surface area (Å²) in [6, 6.07) is 12.4. The van der Waals surface area contributed by atoms with Crippen molar-refractivity contribution in [1.82, 2.24) is 19.9 Å². The molecular weight excluding hydrogens is 415 g/mol. The van der Waals surface area contributed by atoms with E-state index in [1.807, 2.05) is 19.4 Å². The zero-order valence-corrected chi connectivity index (χ0v) is 17.9. The standard InChI is InChI=1S/C23H21FN4O2S/c1-15-26-19(14-31-15)13-30-20-8-6-16(7-9-20)23(29)27-21(22-25-10-11-28(22)2)17-4-3-5-18(24)12-17/h3-12,14,21H,13H2,1-2H3,(H,27,29). The van der Waals surface area contributed by atoms with E-state index in [0.29, 0.717) is 29.3 Å². The fraction of sp³-hybridized carbons (Fsp3) is 0.174. The third kappa shape index (κ3) is 4.97. The first-order valence-corrected chi connectivity index (χ1v) is 10.5. The molecule has 31 heavy (non-hydrogen) atoms. The van der Waals surface area contributed by atoms with Crippen molar-refractivity contribution in [3.05, 3.63) is 99.8 Å². The summed E-state index contributed by atoms with van der Waals surface area (Å²) >= 11 is 1.58. The maximum Gasteiger partial charge on any atom is 0.252 e. The zero-order chi connectivity index (χ0) is 21.8. The minimum Gasteiger partial charge on any atom is -0.487 e. The van der Waals surface area contributed by atoms with Crippen LogP contribution in [0.4, 0.5) is 4.39 Å². The van der Waals surface area contributed by atoms with E-state index in [2.05, 4.69) is 15.3 Å². The molecule has 0 saturated heterocycles. The van der Waals surface area contributed by atoms with Crippen LogP contribution in [0.5, 0.6) is 5.75 Å². The molecule has 2 aromatic carbocycles. The summed E-state index contributed by atoms with van der Waals surface area (Å²) in [5.41, 5.74) is 1.95. The molecule has 158 valence electrons. The van der Waals surface area contributed by atoms with Gasteiger partial charge in [-0.05, 0) is 48.9 Å². The number of nitrogens with one attached hydrogen (secondary N) is 1. The Morgan fingerprint density at radius 1 is 1.26 bits per heavy atom. The largest absolute Gasteiger partial charge is 0.487 e. The third-order valence-electron chi connectivity index (χ3n) is 4.74. The molecule has 4 aromatic rings. The van der Waals surface area contributed by atoms with Crippen LogP contribution in [0.15, 0.2) is 66.3 Å². The minimum absolute atomic E-state index is 0.293. The molecule has 6 nitrogen and oxygen atoms in total. The topological polar surface area (TPSA) is 69.0 Å². The molecule has 2 aromatic heterocycles. The van der Waals surface area contributed by atoms with Gasteiger partial charge in [0.05, 0.1) is 10.7 Å². The number of benzene rings is 2. The lowest BCUT2D eigenvalue weighted by Gasteiger charge is -2.19. The number of rotatable bonds is 7. The molecule has 0 fully saturated rings. The quantitative estimate of drug-likeness (QED) is 0.466. The fourth-order valence-electron chi connectivity index (χ4n) is 3.19. The Balaban J connectivity index is 1.48. The molecule has 0 aliphatic rings. The molecule has 1 unspecified atom stereocenters. The summed E-state index contributed by atoms with van der Waals surface area (Å²) in [7, 11) is 1.83. The van der Waals surface area contributed by atoms with Crippen LogP contribution in [0.25, 0.3) is 0 Å². The minimum atomic E-state index is -0.591. The number of nitrogens with zero attached hydrogens (tertiary/aromatic N) is 3. The summed E-state index contributed by atoms with van der Waals surface area (Å²) in [4.78, 5) is 21.6. The SMILES string of the molecule is Cc1nc(COc2ccc(C(=O)NC(c3cccc(F)c3)c3nccn3C)cc2)cs1. The Bertz CT molecular complexity index is 1190. The lowest BCUT2D eigenvalue weighted by Crippen LogP contribution is -2.31. The van der Waals surface area contributed by atoms with Gasteiger partial charge in [0.15, 0.2) is 0 Å². The van der Waals surface area contributed by atoms with E-state index in [1.54, 1.807) is 64.7 Å². The number of carbonyl (C=O) groups is 1.